The zero-order valence-electron chi connectivity index (χ0n) is 20.6. The number of ether oxygens (including phenoxy) is 2. The van der Waals surface area contributed by atoms with Gasteiger partial charge in [0.2, 0.25) is 10.0 Å². The number of sulfonamides is 1. The number of fused-ring (bicyclic) bond motifs is 1. The van der Waals surface area contributed by atoms with E-state index >= 15 is 0 Å². The normalized spacial score (nSPS) is 11.8. The third-order valence-corrected chi connectivity index (χ3v) is 7.19. The Hall–Kier alpha value is -3.25. The molecule has 0 atom stereocenters. The average molecular weight is 506 g/mol. The predicted molar refractivity (Wildman–Crippen MR) is 131 cm³/mol. The lowest BCUT2D eigenvalue weighted by Gasteiger charge is -2.18. The number of hydrogen-bond acceptors (Lipinski definition) is 8. The minimum Gasteiger partial charge on any atom is -0.493 e. The van der Waals surface area contributed by atoms with E-state index in [1.165, 1.54) is 30.8 Å². The number of hydrogen-bond donors (Lipinski definition) is 1. The van der Waals surface area contributed by atoms with Gasteiger partial charge in [-0.2, -0.15) is 9.40 Å². The highest BCUT2D eigenvalue weighted by Crippen LogP contribution is 2.32. The largest absolute Gasteiger partial charge is 0.493 e. The number of H-pyrrole nitrogens is 1. The number of carbonyl (C=O) groups excluding carboxylic acids is 1. The van der Waals surface area contributed by atoms with Gasteiger partial charge in [0.05, 0.1) is 22.8 Å². The Morgan fingerprint density at radius 3 is 2.60 bits per heavy atom. The summed E-state index contributed by atoms with van der Waals surface area (Å²) in [5.41, 5.74) is 1.49. The maximum Gasteiger partial charge on any atom is 0.302 e. The number of carbonyl (C=O) groups is 1. The lowest BCUT2D eigenvalue weighted by Crippen LogP contribution is -2.30. The molecular formula is C23H31N5O6S. The third-order valence-electron chi connectivity index (χ3n) is 5.34. The summed E-state index contributed by atoms with van der Waals surface area (Å²) in [6.45, 7) is 5.55. The van der Waals surface area contributed by atoms with Gasteiger partial charge in [-0.15, -0.1) is 0 Å². The molecule has 0 aliphatic carbocycles. The summed E-state index contributed by atoms with van der Waals surface area (Å²) in [5, 5.41) is 4.43. The number of esters is 1. The predicted octanol–water partition coefficient (Wildman–Crippen LogP) is 2.25. The van der Waals surface area contributed by atoms with E-state index in [1.807, 2.05) is 13.8 Å². The third kappa shape index (κ3) is 5.70. The van der Waals surface area contributed by atoms with Crippen LogP contribution in [0.25, 0.3) is 22.4 Å². The highest BCUT2D eigenvalue weighted by molar-refractivity contribution is 7.89. The van der Waals surface area contributed by atoms with Crippen molar-refractivity contribution in [3.8, 4) is 17.1 Å². The first-order valence-corrected chi connectivity index (χ1v) is 12.9. The molecule has 2 aromatic heterocycles. The quantitative estimate of drug-likeness (QED) is 0.392. The molecule has 0 spiro atoms. The van der Waals surface area contributed by atoms with Crippen molar-refractivity contribution < 1.29 is 22.7 Å². The molecular weight excluding hydrogens is 474 g/mol. The molecule has 35 heavy (non-hydrogen) atoms. The van der Waals surface area contributed by atoms with Crippen molar-refractivity contribution in [1.82, 2.24) is 24.1 Å². The molecule has 0 radical (unpaired) electrons. The molecule has 11 nitrogen and oxygen atoms in total. The van der Waals surface area contributed by atoms with Gasteiger partial charge in [0, 0.05) is 27.6 Å². The number of aromatic amines is 1. The molecule has 0 aliphatic rings. The molecule has 0 unspecified atom stereocenters. The number of likely N-dealkylation sites (N-methyl/N-ethyl adjacent to an activating group) is 1. The molecule has 3 rings (SSSR count). The Balaban J connectivity index is 2.12. The number of aromatic nitrogens is 4. The first-order chi connectivity index (χ1) is 16.6. The molecule has 0 fully saturated rings. The van der Waals surface area contributed by atoms with Crippen molar-refractivity contribution in [2.75, 3.05) is 26.8 Å². The number of aryl methyl sites for hydroxylation is 2. The second-order valence-electron chi connectivity index (χ2n) is 8.11. The highest BCUT2D eigenvalue weighted by Gasteiger charge is 2.24. The van der Waals surface area contributed by atoms with Crippen LogP contribution < -0.4 is 10.3 Å². The minimum absolute atomic E-state index is 0.00983. The summed E-state index contributed by atoms with van der Waals surface area (Å²) in [6.07, 6.45) is 2.22. The van der Waals surface area contributed by atoms with Gasteiger partial charge in [-0.25, -0.2) is 13.4 Å². The van der Waals surface area contributed by atoms with Gasteiger partial charge in [0.15, 0.2) is 5.52 Å². The zero-order chi connectivity index (χ0) is 25.8. The lowest BCUT2D eigenvalue weighted by atomic mass is 10.1. The van der Waals surface area contributed by atoms with Crippen LogP contribution >= 0.6 is 0 Å². The van der Waals surface area contributed by atoms with Crippen molar-refractivity contribution >= 4 is 27.0 Å². The summed E-state index contributed by atoms with van der Waals surface area (Å²) in [6, 6.07) is 4.43. The Bertz CT molecular complexity index is 1380. The summed E-state index contributed by atoms with van der Waals surface area (Å²) in [7, 11) is -0.831. The average Bonchev–Trinajstić information content (AvgIpc) is 3.12. The van der Waals surface area contributed by atoms with Gasteiger partial charge in [-0.3, -0.25) is 14.3 Å². The molecule has 0 amide bonds. The fourth-order valence-electron chi connectivity index (χ4n) is 3.59. The number of nitrogens with zero attached hydrogens (tertiary/aromatic N) is 4. The van der Waals surface area contributed by atoms with Crippen molar-refractivity contribution in [3.05, 3.63) is 34.2 Å². The zero-order valence-corrected chi connectivity index (χ0v) is 21.4. The monoisotopic (exact) mass is 505 g/mol. The molecule has 1 N–H and O–H groups in total. The summed E-state index contributed by atoms with van der Waals surface area (Å²) < 4.78 is 39.7. The van der Waals surface area contributed by atoms with Crippen LogP contribution in [0, 0.1) is 0 Å². The molecule has 2 heterocycles. The molecule has 0 aliphatic heterocycles. The van der Waals surface area contributed by atoms with Gasteiger partial charge >= 0.3 is 5.97 Å². The Morgan fingerprint density at radius 2 is 1.94 bits per heavy atom. The van der Waals surface area contributed by atoms with E-state index in [1.54, 1.807) is 13.1 Å². The van der Waals surface area contributed by atoms with Crippen LogP contribution in [0.1, 0.15) is 39.3 Å². The van der Waals surface area contributed by atoms with Gasteiger partial charge in [0.25, 0.3) is 5.56 Å². The smallest absolute Gasteiger partial charge is 0.302 e. The van der Waals surface area contributed by atoms with Crippen LogP contribution in [0.2, 0.25) is 0 Å². The Kier molecular flexibility index (Phi) is 8.28. The van der Waals surface area contributed by atoms with Crippen LogP contribution in [0.3, 0.4) is 0 Å². The van der Waals surface area contributed by atoms with E-state index in [0.717, 1.165) is 17.1 Å². The molecule has 1 aromatic carbocycles. The van der Waals surface area contributed by atoms with Gasteiger partial charge in [-0.05, 0) is 31.0 Å². The van der Waals surface area contributed by atoms with Crippen LogP contribution in [-0.4, -0.2) is 65.2 Å². The van der Waals surface area contributed by atoms with Gasteiger partial charge in [0.1, 0.15) is 23.7 Å². The maximum absolute atomic E-state index is 13.2. The van der Waals surface area contributed by atoms with E-state index < -0.39 is 16.0 Å². The number of nitrogens with one attached hydrogen (secondary N) is 1. The van der Waals surface area contributed by atoms with Crippen LogP contribution in [-0.2, 0) is 33.0 Å². The number of rotatable bonds is 11. The number of benzene rings is 1. The minimum atomic E-state index is -3.92. The molecule has 3 aromatic rings. The lowest BCUT2D eigenvalue weighted by molar-refractivity contribution is -0.141. The standard InChI is InChI=1S/C23H31N5O6S/c1-6-8-18-20-21(28(5)26-18)23(30)25-22(24-20)17-14-16(9-10-19(17)34-12-7-2)35(31,32)27(4)11-13-33-15(3)29/h9-10,14H,6-8,11-13H2,1-5H3,(H,24,25,30). The van der Waals surface area contributed by atoms with E-state index in [9.17, 15) is 18.0 Å². The van der Waals surface area contributed by atoms with E-state index in [2.05, 4.69) is 15.1 Å². The highest BCUT2D eigenvalue weighted by atomic mass is 32.2. The van der Waals surface area contributed by atoms with Crippen LogP contribution in [0.4, 0.5) is 0 Å². The van der Waals surface area contributed by atoms with Crippen LogP contribution in [0.15, 0.2) is 27.9 Å². The van der Waals surface area contributed by atoms with Crippen molar-refractivity contribution in [2.45, 2.75) is 44.9 Å². The Labute approximate surface area is 204 Å². The van der Waals surface area contributed by atoms with Crippen molar-refractivity contribution in [1.29, 1.82) is 0 Å². The van der Waals surface area contributed by atoms with E-state index in [-0.39, 0.29) is 29.4 Å². The second-order valence-corrected chi connectivity index (χ2v) is 10.1. The first kappa shape index (κ1) is 26.4. The van der Waals surface area contributed by atoms with E-state index in [0.29, 0.717) is 41.1 Å². The Morgan fingerprint density at radius 1 is 1.20 bits per heavy atom. The molecule has 0 saturated heterocycles. The molecule has 0 bridgehead atoms. The topological polar surface area (TPSA) is 136 Å². The van der Waals surface area contributed by atoms with Crippen LogP contribution in [0.5, 0.6) is 5.75 Å². The molecule has 12 heteroatoms. The van der Waals surface area contributed by atoms with Gasteiger partial charge in [-0.1, -0.05) is 20.3 Å². The second kappa shape index (κ2) is 11.0. The SMILES string of the molecule is CCCOc1ccc(S(=O)(=O)N(C)CCOC(C)=O)cc1-c1nc2c(CCC)nn(C)c2c(=O)[nH]1. The summed E-state index contributed by atoms with van der Waals surface area (Å²) in [5.74, 6) is 0.106. The first-order valence-electron chi connectivity index (χ1n) is 11.4. The molecule has 190 valence electrons. The van der Waals surface area contributed by atoms with Crippen molar-refractivity contribution in [2.24, 2.45) is 7.05 Å². The fourth-order valence-corrected chi connectivity index (χ4v) is 4.77. The van der Waals surface area contributed by atoms with Gasteiger partial charge < -0.3 is 14.5 Å². The van der Waals surface area contributed by atoms with Crippen molar-refractivity contribution in [3.63, 3.8) is 0 Å². The van der Waals surface area contributed by atoms with E-state index in [4.69, 9.17) is 9.47 Å². The summed E-state index contributed by atoms with van der Waals surface area (Å²) >= 11 is 0. The fraction of sp³-hybridized carbons (Fsp3) is 0.478. The maximum atomic E-state index is 13.2. The molecule has 0 saturated carbocycles. The summed E-state index contributed by atoms with van der Waals surface area (Å²) in [4.78, 5) is 31.4.